The van der Waals surface area contributed by atoms with E-state index in [0.717, 1.165) is 11.6 Å². The van der Waals surface area contributed by atoms with Crippen molar-refractivity contribution in [1.82, 2.24) is 9.21 Å². The van der Waals surface area contributed by atoms with Gasteiger partial charge in [-0.2, -0.15) is 4.31 Å². The molecule has 0 radical (unpaired) electrons. The Hall–Kier alpha value is -2.29. The Kier molecular flexibility index (Phi) is 5.42. The maximum absolute atomic E-state index is 13.5. The SMILES string of the molecule is CC(C(=O)N1CC2CN(S(=O)(=O)c3cccc(F)c3)CC(C1)O2)c1ccccc1. The Labute approximate surface area is 169 Å². The number of halogens is 1. The minimum atomic E-state index is -3.81. The summed E-state index contributed by atoms with van der Waals surface area (Å²) < 4.78 is 46.5. The second kappa shape index (κ2) is 7.85. The molecule has 2 saturated heterocycles. The normalized spacial score (nSPS) is 23.6. The van der Waals surface area contributed by atoms with E-state index in [1.54, 1.807) is 4.90 Å². The molecule has 29 heavy (non-hydrogen) atoms. The lowest BCUT2D eigenvalue weighted by atomic mass is 9.98. The lowest BCUT2D eigenvalue weighted by molar-refractivity contribution is -0.155. The number of hydrogen-bond acceptors (Lipinski definition) is 4. The molecule has 0 spiro atoms. The van der Waals surface area contributed by atoms with Gasteiger partial charge in [0.15, 0.2) is 0 Å². The fraction of sp³-hybridized carbons (Fsp3) is 0.381. The number of sulfonamides is 1. The van der Waals surface area contributed by atoms with E-state index in [1.807, 2.05) is 37.3 Å². The third kappa shape index (κ3) is 4.05. The highest BCUT2D eigenvalue weighted by molar-refractivity contribution is 7.89. The number of nitrogens with zero attached hydrogens (tertiary/aromatic N) is 2. The van der Waals surface area contributed by atoms with Crippen molar-refractivity contribution in [3.05, 3.63) is 66.0 Å². The van der Waals surface area contributed by atoms with E-state index in [0.29, 0.717) is 13.1 Å². The molecule has 0 aliphatic carbocycles. The van der Waals surface area contributed by atoms with Crippen molar-refractivity contribution >= 4 is 15.9 Å². The van der Waals surface area contributed by atoms with E-state index < -0.39 is 28.0 Å². The number of fused-ring (bicyclic) bond motifs is 2. The first-order valence-corrected chi connectivity index (χ1v) is 11.0. The summed E-state index contributed by atoms with van der Waals surface area (Å²) in [6, 6.07) is 14.6. The molecule has 2 aromatic carbocycles. The molecule has 154 valence electrons. The topological polar surface area (TPSA) is 66.9 Å². The summed E-state index contributed by atoms with van der Waals surface area (Å²) in [7, 11) is -3.81. The number of rotatable bonds is 4. The van der Waals surface area contributed by atoms with E-state index in [2.05, 4.69) is 0 Å². The fourth-order valence-electron chi connectivity index (χ4n) is 3.97. The van der Waals surface area contributed by atoms with Crippen molar-refractivity contribution in [2.24, 2.45) is 0 Å². The van der Waals surface area contributed by atoms with Crippen molar-refractivity contribution in [3.8, 4) is 0 Å². The monoisotopic (exact) mass is 418 g/mol. The van der Waals surface area contributed by atoms with Gasteiger partial charge in [-0.3, -0.25) is 4.79 Å². The molecule has 2 aliphatic rings. The largest absolute Gasteiger partial charge is 0.369 e. The lowest BCUT2D eigenvalue weighted by Crippen LogP contribution is -2.61. The highest BCUT2D eigenvalue weighted by Crippen LogP contribution is 2.27. The molecule has 3 unspecified atom stereocenters. The molecular formula is C21H23FN2O4S. The average Bonchev–Trinajstić information content (AvgIpc) is 2.72. The predicted octanol–water partition coefficient (Wildman–Crippen LogP) is 2.23. The number of benzene rings is 2. The number of morpholine rings is 2. The summed E-state index contributed by atoms with van der Waals surface area (Å²) in [4.78, 5) is 14.7. The molecule has 1 amide bonds. The first kappa shape index (κ1) is 20.0. The number of carbonyl (C=O) groups is 1. The summed E-state index contributed by atoms with van der Waals surface area (Å²) in [5, 5.41) is 0. The van der Waals surface area contributed by atoms with Gasteiger partial charge in [-0.05, 0) is 30.7 Å². The molecule has 0 N–H and O–H groups in total. The lowest BCUT2D eigenvalue weighted by Gasteiger charge is -2.45. The van der Waals surface area contributed by atoms with Crippen LogP contribution in [0.3, 0.4) is 0 Å². The van der Waals surface area contributed by atoms with Crippen LogP contribution in [0, 0.1) is 5.82 Å². The molecule has 0 saturated carbocycles. The van der Waals surface area contributed by atoms with Gasteiger partial charge < -0.3 is 9.64 Å². The van der Waals surface area contributed by atoms with Crippen LogP contribution in [0.25, 0.3) is 0 Å². The Morgan fingerprint density at radius 3 is 2.31 bits per heavy atom. The average molecular weight is 418 g/mol. The first-order chi connectivity index (χ1) is 13.8. The Morgan fingerprint density at radius 2 is 1.69 bits per heavy atom. The Morgan fingerprint density at radius 1 is 1.03 bits per heavy atom. The smallest absolute Gasteiger partial charge is 0.243 e. The fourth-order valence-corrected chi connectivity index (χ4v) is 5.50. The Bertz CT molecular complexity index is 985. The number of hydrogen-bond donors (Lipinski definition) is 0. The quantitative estimate of drug-likeness (QED) is 0.764. The van der Waals surface area contributed by atoms with E-state index in [-0.39, 0.29) is 29.8 Å². The van der Waals surface area contributed by atoms with Crippen LogP contribution in [-0.2, 0) is 19.6 Å². The summed E-state index contributed by atoms with van der Waals surface area (Å²) in [5.41, 5.74) is 0.949. The van der Waals surface area contributed by atoms with Crippen LogP contribution >= 0.6 is 0 Å². The van der Waals surface area contributed by atoms with Crippen LogP contribution < -0.4 is 0 Å². The molecule has 8 heteroatoms. The highest BCUT2D eigenvalue weighted by Gasteiger charge is 2.41. The van der Waals surface area contributed by atoms with Crippen molar-refractivity contribution in [2.75, 3.05) is 26.2 Å². The zero-order valence-electron chi connectivity index (χ0n) is 16.1. The van der Waals surface area contributed by atoms with Crippen LogP contribution in [0.1, 0.15) is 18.4 Å². The molecule has 0 aromatic heterocycles. The summed E-state index contributed by atoms with van der Waals surface area (Å²) in [5.74, 6) is -0.857. The molecule has 6 nitrogen and oxygen atoms in total. The minimum absolute atomic E-state index is 0.0101. The van der Waals surface area contributed by atoms with Crippen molar-refractivity contribution in [2.45, 2.75) is 29.9 Å². The third-order valence-electron chi connectivity index (χ3n) is 5.46. The van der Waals surface area contributed by atoms with E-state index in [4.69, 9.17) is 4.74 Å². The van der Waals surface area contributed by atoms with Crippen LogP contribution in [0.4, 0.5) is 4.39 Å². The van der Waals surface area contributed by atoms with E-state index in [9.17, 15) is 17.6 Å². The molecule has 2 aliphatic heterocycles. The molecule has 2 bridgehead atoms. The maximum Gasteiger partial charge on any atom is 0.243 e. The van der Waals surface area contributed by atoms with Crippen molar-refractivity contribution in [1.29, 1.82) is 0 Å². The van der Waals surface area contributed by atoms with E-state index in [1.165, 1.54) is 22.5 Å². The predicted molar refractivity (Wildman–Crippen MR) is 105 cm³/mol. The van der Waals surface area contributed by atoms with Gasteiger partial charge in [0.1, 0.15) is 5.82 Å². The van der Waals surface area contributed by atoms with Crippen molar-refractivity contribution < 1.29 is 22.3 Å². The number of ether oxygens (including phenoxy) is 1. The first-order valence-electron chi connectivity index (χ1n) is 9.59. The van der Waals surface area contributed by atoms with Crippen LogP contribution in [-0.4, -0.2) is 61.9 Å². The van der Waals surface area contributed by atoms with Gasteiger partial charge in [0.2, 0.25) is 15.9 Å². The van der Waals surface area contributed by atoms with Gasteiger partial charge in [-0.15, -0.1) is 0 Å². The van der Waals surface area contributed by atoms with E-state index >= 15 is 0 Å². The molecule has 2 heterocycles. The van der Waals surface area contributed by atoms with Gasteiger partial charge in [-0.1, -0.05) is 36.4 Å². The zero-order chi connectivity index (χ0) is 20.6. The summed E-state index contributed by atoms with van der Waals surface area (Å²) in [6.07, 6.45) is -0.810. The molecule has 2 aromatic rings. The third-order valence-corrected chi connectivity index (χ3v) is 7.29. The van der Waals surface area contributed by atoms with Gasteiger partial charge >= 0.3 is 0 Å². The minimum Gasteiger partial charge on any atom is -0.369 e. The van der Waals surface area contributed by atoms with Gasteiger partial charge in [0.25, 0.3) is 0 Å². The van der Waals surface area contributed by atoms with Gasteiger partial charge in [-0.25, -0.2) is 12.8 Å². The second-order valence-corrected chi connectivity index (χ2v) is 9.47. The van der Waals surface area contributed by atoms with Crippen molar-refractivity contribution in [3.63, 3.8) is 0 Å². The van der Waals surface area contributed by atoms with Crippen LogP contribution in [0.2, 0.25) is 0 Å². The molecule has 3 atom stereocenters. The Balaban J connectivity index is 1.47. The second-order valence-electron chi connectivity index (χ2n) is 7.54. The van der Waals surface area contributed by atoms with Gasteiger partial charge in [0.05, 0.1) is 23.0 Å². The maximum atomic E-state index is 13.5. The van der Waals surface area contributed by atoms with Gasteiger partial charge in [0, 0.05) is 26.2 Å². The summed E-state index contributed by atoms with van der Waals surface area (Å²) >= 11 is 0. The van der Waals surface area contributed by atoms with Crippen LogP contribution in [0.5, 0.6) is 0 Å². The standard InChI is InChI=1S/C21H23FN2O4S/c1-15(16-6-3-2-4-7-16)21(25)23-11-18-13-24(14-19(12-23)28-18)29(26,27)20-9-5-8-17(22)10-20/h2-10,15,18-19H,11-14H2,1H3. The molecule has 4 rings (SSSR count). The van der Waals surface area contributed by atoms with Crippen LogP contribution in [0.15, 0.2) is 59.5 Å². The molecular weight excluding hydrogens is 395 g/mol. The molecule has 2 fully saturated rings. The number of carbonyl (C=O) groups excluding carboxylic acids is 1. The highest BCUT2D eigenvalue weighted by atomic mass is 32.2. The number of amides is 1. The zero-order valence-corrected chi connectivity index (χ0v) is 16.9. The summed E-state index contributed by atoms with van der Waals surface area (Å²) in [6.45, 7) is 2.82.